The molecule has 7 nitrogen and oxygen atoms in total. The predicted octanol–water partition coefficient (Wildman–Crippen LogP) is 4.03. The third-order valence-corrected chi connectivity index (χ3v) is 6.09. The van der Waals surface area contributed by atoms with Gasteiger partial charge in [-0.05, 0) is 35.7 Å². The number of amides is 1. The van der Waals surface area contributed by atoms with Crippen LogP contribution in [0.3, 0.4) is 0 Å². The van der Waals surface area contributed by atoms with Gasteiger partial charge >= 0.3 is 0 Å². The summed E-state index contributed by atoms with van der Waals surface area (Å²) >= 11 is 0. The summed E-state index contributed by atoms with van der Waals surface area (Å²) < 4.78 is 11.3. The molecular formula is C27H26N4O3. The number of hydrogen-bond donors (Lipinski definition) is 0. The monoisotopic (exact) mass is 454 g/mol. The number of methoxy groups -OCH3 is 1. The zero-order valence-electron chi connectivity index (χ0n) is 19.1. The third-order valence-electron chi connectivity index (χ3n) is 6.09. The minimum Gasteiger partial charge on any atom is -0.496 e. The quantitative estimate of drug-likeness (QED) is 0.438. The molecular weight excluding hydrogens is 428 g/mol. The van der Waals surface area contributed by atoms with E-state index in [0.29, 0.717) is 26.2 Å². The van der Waals surface area contributed by atoms with Crippen molar-refractivity contribution in [3.05, 3.63) is 78.9 Å². The molecule has 0 bridgehead atoms. The second-order valence-corrected chi connectivity index (χ2v) is 8.11. The van der Waals surface area contributed by atoms with Crippen molar-refractivity contribution < 1.29 is 14.3 Å². The fraction of sp³-hybridized carbons (Fsp3) is 0.222. The molecule has 3 aromatic carbocycles. The van der Waals surface area contributed by atoms with Gasteiger partial charge in [-0.3, -0.25) is 4.79 Å². The highest BCUT2D eigenvalue weighted by Crippen LogP contribution is 2.28. The van der Waals surface area contributed by atoms with Gasteiger partial charge in [-0.2, -0.15) is 0 Å². The second-order valence-electron chi connectivity index (χ2n) is 8.11. The molecule has 1 saturated heterocycles. The molecule has 34 heavy (non-hydrogen) atoms. The molecule has 4 aromatic rings. The van der Waals surface area contributed by atoms with Crippen LogP contribution in [0.1, 0.15) is 0 Å². The van der Waals surface area contributed by atoms with E-state index in [9.17, 15) is 4.79 Å². The molecule has 2 heterocycles. The third kappa shape index (κ3) is 4.50. The molecule has 0 radical (unpaired) electrons. The Labute approximate surface area is 198 Å². The van der Waals surface area contributed by atoms with Gasteiger partial charge in [0.25, 0.3) is 5.91 Å². The van der Waals surface area contributed by atoms with Gasteiger partial charge in [-0.15, -0.1) is 10.2 Å². The number of hydrogen-bond acceptors (Lipinski definition) is 6. The first-order valence-corrected chi connectivity index (χ1v) is 11.3. The number of piperazine rings is 1. The maximum absolute atomic E-state index is 12.8. The van der Waals surface area contributed by atoms with Crippen LogP contribution in [-0.4, -0.2) is 60.9 Å². The molecule has 1 fully saturated rings. The van der Waals surface area contributed by atoms with Crippen LogP contribution in [0.15, 0.2) is 78.9 Å². The Hall–Kier alpha value is -4.13. The number of carbonyl (C=O) groups excluding carboxylic acids is 1. The van der Waals surface area contributed by atoms with Gasteiger partial charge in [-0.1, -0.05) is 48.5 Å². The minimum atomic E-state index is -0.00908. The number of carbonyl (C=O) groups is 1. The number of nitrogens with zero attached hydrogens (tertiary/aromatic N) is 4. The van der Waals surface area contributed by atoms with Crippen molar-refractivity contribution in [2.45, 2.75) is 0 Å². The molecule has 0 atom stereocenters. The summed E-state index contributed by atoms with van der Waals surface area (Å²) in [5.74, 6) is 2.29. The summed E-state index contributed by atoms with van der Waals surface area (Å²) in [6, 6.07) is 25.6. The largest absolute Gasteiger partial charge is 0.496 e. The molecule has 0 spiro atoms. The van der Waals surface area contributed by atoms with Crippen molar-refractivity contribution in [2.75, 3.05) is 44.8 Å². The zero-order chi connectivity index (χ0) is 23.3. The smallest absolute Gasteiger partial charge is 0.260 e. The average Bonchev–Trinajstić information content (AvgIpc) is 2.92. The van der Waals surface area contributed by atoms with Crippen LogP contribution >= 0.6 is 0 Å². The molecule has 172 valence electrons. The number of fused-ring (bicyclic) bond motifs is 1. The van der Waals surface area contributed by atoms with Gasteiger partial charge in [0.15, 0.2) is 12.4 Å². The minimum absolute atomic E-state index is 0.00908. The van der Waals surface area contributed by atoms with Gasteiger partial charge in [-0.25, -0.2) is 0 Å². The van der Waals surface area contributed by atoms with Gasteiger partial charge in [0, 0.05) is 37.1 Å². The lowest BCUT2D eigenvalue weighted by molar-refractivity contribution is -0.133. The zero-order valence-corrected chi connectivity index (χ0v) is 19.1. The Balaban J connectivity index is 1.17. The highest BCUT2D eigenvalue weighted by Gasteiger charge is 2.23. The van der Waals surface area contributed by atoms with Crippen LogP contribution in [0.5, 0.6) is 11.5 Å². The van der Waals surface area contributed by atoms with Crippen molar-refractivity contribution in [3.8, 4) is 22.8 Å². The van der Waals surface area contributed by atoms with Gasteiger partial charge in [0.05, 0.1) is 12.8 Å². The van der Waals surface area contributed by atoms with E-state index in [2.05, 4.69) is 15.1 Å². The highest BCUT2D eigenvalue weighted by molar-refractivity contribution is 5.88. The second kappa shape index (κ2) is 9.79. The van der Waals surface area contributed by atoms with Gasteiger partial charge in [0.2, 0.25) is 0 Å². The van der Waals surface area contributed by atoms with Crippen molar-refractivity contribution in [1.82, 2.24) is 15.1 Å². The summed E-state index contributed by atoms with van der Waals surface area (Å²) in [6.07, 6.45) is 0. The molecule has 1 aliphatic rings. The van der Waals surface area contributed by atoms with Crippen LogP contribution in [0.4, 0.5) is 5.82 Å². The Kier molecular flexibility index (Phi) is 6.25. The lowest BCUT2D eigenvalue weighted by Crippen LogP contribution is -2.50. The summed E-state index contributed by atoms with van der Waals surface area (Å²) in [4.78, 5) is 16.7. The van der Waals surface area contributed by atoms with E-state index in [1.807, 2.05) is 83.8 Å². The highest BCUT2D eigenvalue weighted by atomic mass is 16.5. The van der Waals surface area contributed by atoms with Crippen molar-refractivity contribution in [3.63, 3.8) is 0 Å². The van der Waals surface area contributed by atoms with Crippen molar-refractivity contribution in [2.24, 2.45) is 0 Å². The van der Waals surface area contributed by atoms with E-state index in [1.54, 1.807) is 7.11 Å². The first kappa shape index (κ1) is 21.7. The molecule has 7 heteroatoms. The van der Waals surface area contributed by atoms with Crippen molar-refractivity contribution in [1.29, 1.82) is 0 Å². The molecule has 1 amide bonds. The molecule has 0 saturated carbocycles. The molecule has 5 rings (SSSR count). The molecule has 1 aliphatic heterocycles. The average molecular weight is 455 g/mol. The number of anilines is 1. The fourth-order valence-corrected chi connectivity index (χ4v) is 4.23. The summed E-state index contributed by atoms with van der Waals surface area (Å²) in [5, 5.41) is 10.9. The Morgan fingerprint density at radius 1 is 0.824 bits per heavy atom. The van der Waals surface area contributed by atoms with Crippen molar-refractivity contribution >= 4 is 22.5 Å². The van der Waals surface area contributed by atoms with E-state index >= 15 is 0 Å². The number of ether oxygens (including phenoxy) is 2. The number of para-hydroxylation sites is 1. The van der Waals surface area contributed by atoms with E-state index in [0.717, 1.165) is 39.3 Å². The maximum atomic E-state index is 12.8. The van der Waals surface area contributed by atoms with E-state index in [-0.39, 0.29) is 12.5 Å². The lowest BCUT2D eigenvalue weighted by atomic mass is 10.1. The molecule has 0 aliphatic carbocycles. The standard InChI is InChI=1S/C27H26N4O3/c1-33-24-11-5-4-10-22(24)23-13-14-26(29-28-23)30-15-17-31(18-16-30)27(32)19-34-25-12-6-8-20-7-2-3-9-21(20)25/h2-14H,15-19H2,1H3. The number of rotatable bonds is 6. The van der Waals surface area contributed by atoms with Crippen LogP contribution in [0.2, 0.25) is 0 Å². The van der Waals surface area contributed by atoms with E-state index in [4.69, 9.17) is 9.47 Å². The summed E-state index contributed by atoms with van der Waals surface area (Å²) in [6.45, 7) is 2.66. The Morgan fingerprint density at radius 2 is 1.56 bits per heavy atom. The van der Waals surface area contributed by atoms with Crippen LogP contribution < -0.4 is 14.4 Å². The summed E-state index contributed by atoms with van der Waals surface area (Å²) in [7, 11) is 1.65. The SMILES string of the molecule is COc1ccccc1-c1ccc(N2CCN(C(=O)COc3cccc4ccccc34)CC2)nn1. The Morgan fingerprint density at radius 3 is 2.35 bits per heavy atom. The molecule has 0 unspecified atom stereocenters. The van der Waals surface area contributed by atoms with Gasteiger partial charge in [0.1, 0.15) is 11.5 Å². The lowest BCUT2D eigenvalue weighted by Gasteiger charge is -2.35. The number of benzene rings is 3. The fourth-order valence-electron chi connectivity index (χ4n) is 4.23. The van der Waals surface area contributed by atoms with Crippen LogP contribution in [0.25, 0.3) is 22.0 Å². The van der Waals surface area contributed by atoms with E-state index < -0.39 is 0 Å². The molecule has 0 N–H and O–H groups in total. The van der Waals surface area contributed by atoms with Gasteiger partial charge < -0.3 is 19.3 Å². The topological polar surface area (TPSA) is 67.8 Å². The van der Waals surface area contributed by atoms with Crippen LogP contribution in [0, 0.1) is 0 Å². The first-order chi connectivity index (χ1) is 16.7. The van der Waals surface area contributed by atoms with Crippen LogP contribution in [-0.2, 0) is 4.79 Å². The first-order valence-electron chi connectivity index (χ1n) is 11.3. The van der Waals surface area contributed by atoms with E-state index in [1.165, 1.54) is 0 Å². The number of aromatic nitrogens is 2. The maximum Gasteiger partial charge on any atom is 0.260 e. The normalized spacial score (nSPS) is 13.7. The molecule has 1 aromatic heterocycles. The summed E-state index contributed by atoms with van der Waals surface area (Å²) in [5.41, 5.74) is 1.67. The Bertz CT molecular complexity index is 1280. The predicted molar refractivity (Wildman–Crippen MR) is 132 cm³/mol.